The largest absolute Gasteiger partial charge is 0.394 e. The van der Waals surface area contributed by atoms with Gasteiger partial charge in [-0.05, 0) is 32.1 Å². The Kier molecular flexibility index (Phi) is 23.2. The Bertz CT molecular complexity index is 292. The summed E-state index contributed by atoms with van der Waals surface area (Å²) in [6, 6.07) is 0. The van der Waals surface area contributed by atoms with E-state index in [2.05, 4.69) is 19.1 Å². The predicted molar refractivity (Wildman–Crippen MR) is 112 cm³/mol. The van der Waals surface area contributed by atoms with Crippen LogP contribution in [0.2, 0.25) is 0 Å². The quantitative estimate of drug-likeness (QED) is 0.152. The third kappa shape index (κ3) is 21.7. The van der Waals surface area contributed by atoms with Gasteiger partial charge < -0.3 is 10.2 Å². The average molecular weight is 388 g/mol. The van der Waals surface area contributed by atoms with Gasteiger partial charge in [0.15, 0.2) is 0 Å². The monoisotopic (exact) mass is 387 g/mol. The second-order valence-corrected chi connectivity index (χ2v) is 7.11. The number of unbranched alkanes of at least 4 members (excludes halogenated alkanes) is 12. The number of aliphatic hydroxyl groups excluding tert-OH is 2. The third-order valence-corrected chi connectivity index (χ3v) is 4.51. The minimum Gasteiger partial charge on any atom is -0.394 e. The Morgan fingerprint density at radius 1 is 0.630 bits per heavy atom. The normalized spacial score (nSPS) is 11.9. The number of hydrogen-bond acceptors (Lipinski definition) is 5. The number of hydrogen-bond donors (Lipinski definition) is 2. The fourth-order valence-corrected chi connectivity index (χ4v) is 2.94. The topological polar surface area (TPSA) is 62.2 Å². The van der Waals surface area contributed by atoms with Crippen molar-refractivity contribution in [2.75, 3.05) is 33.0 Å². The van der Waals surface area contributed by atoms with Crippen LogP contribution >= 0.6 is 0 Å². The van der Waals surface area contributed by atoms with Crippen LogP contribution in [0, 0.1) is 0 Å². The van der Waals surface area contributed by atoms with Crippen molar-refractivity contribution >= 4 is 0 Å². The average Bonchev–Trinajstić information content (AvgIpc) is 2.69. The van der Waals surface area contributed by atoms with Crippen molar-refractivity contribution in [3.63, 3.8) is 0 Å². The maximum atomic E-state index is 8.79. The fourth-order valence-electron chi connectivity index (χ4n) is 2.94. The summed E-state index contributed by atoms with van der Waals surface area (Å²) in [6.07, 6.45) is 22.7. The summed E-state index contributed by atoms with van der Waals surface area (Å²) in [5.41, 5.74) is 0. The molecule has 0 aromatic heterocycles. The zero-order valence-electron chi connectivity index (χ0n) is 17.7. The van der Waals surface area contributed by atoms with Crippen LogP contribution in [-0.4, -0.2) is 48.4 Å². The minimum absolute atomic E-state index is 0.0353. The first-order valence-electron chi connectivity index (χ1n) is 11.2. The van der Waals surface area contributed by atoms with Crippen LogP contribution in [0.15, 0.2) is 12.2 Å². The Balaban J connectivity index is 3.34. The summed E-state index contributed by atoms with van der Waals surface area (Å²) in [7, 11) is 0. The maximum absolute atomic E-state index is 8.79. The molecule has 0 saturated heterocycles. The lowest BCUT2D eigenvalue weighted by Crippen LogP contribution is -2.28. The molecule has 0 aliphatic heterocycles. The number of allylic oxidation sites excluding steroid dienone is 2. The molecular weight excluding hydrogens is 342 g/mol. The first-order valence-corrected chi connectivity index (χ1v) is 11.2. The number of aliphatic hydroxyl groups is 2. The van der Waals surface area contributed by atoms with E-state index < -0.39 is 0 Å². The van der Waals surface area contributed by atoms with Gasteiger partial charge in [-0.2, -0.15) is 0 Å². The molecular formula is C22H45NO4. The highest BCUT2D eigenvalue weighted by atomic mass is 16.9. The molecule has 0 aromatic rings. The lowest BCUT2D eigenvalue weighted by molar-refractivity contribution is -0.371. The molecule has 0 saturated carbocycles. The van der Waals surface area contributed by atoms with Gasteiger partial charge in [-0.3, -0.25) is 9.68 Å². The molecule has 0 spiro atoms. The predicted octanol–water partition coefficient (Wildman–Crippen LogP) is 5.17. The van der Waals surface area contributed by atoms with Crippen molar-refractivity contribution in [2.45, 2.75) is 96.8 Å². The van der Waals surface area contributed by atoms with E-state index in [-0.39, 0.29) is 26.4 Å². The van der Waals surface area contributed by atoms with Crippen LogP contribution in [0.25, 0.3) is 0 Å². The van der Waals surface area contributed by atoms with Gasteiger partial charge in [0.05, 0.1) is 33.0 Å². The molecule has 0 rings (SSSR count). The zero-order chi connectivity index (χ0) is 19.8. The van der Waals surface area contributed by atoms with Gasteiger partial charge in [-0.1, -0.05) is 82.1 Å². The van der Waals surface area contributed by atoms with Crippen molar-refractivity contribution < 1.29 is 19.9 Å². The van der Waals surface area contributed by atoms with Crippen LogP contribution in [-0.2, 0) is 9.68 Å². The maximum Gasteiger partial charge on any atom is 0.0942 e. The summed E-state index contributed by atoms with van der Waals surface area (Å²) < 4.78 is 0. The van der Waals surface area contributed by atoms with Crippen LogP contribution < -0.4 is 0 Å². The minimum atomic E-state index is -0.0353. The summed E-state index contributed by atoms with van der Waals surface area (Å²) >= 11 is 0. The van der Waals surface area contributed by atoms with Gasteiger partial charge in [0.25, 0.3) is 0 Å². The molecule has 0 atom stereocenters. The number of nitrogens with zero attached hydrogens (tertiary/aromatic N) is 1. The highest BCUT2D eigenvalue weighted by Crippen LogP contribution is 2.10. The van der Waals surface area contributed by atoms with Crippen LogP contribution in [0.5, 0.6) is 0 Å². The molecule has 0 radical (unpaired) electrons. The van der Waals surface area contributed by atoms with Crippen LogP contribution in [0.4, 0.5) is 0 Å². The molecule has 0 unspecified atom stereocenters. The molecule has 0 aliphatic carbocycles. The van der Waals surface area contributed by atoms with Gasteiger partial charge in [-0.15, -0.1) is 0 Å². The van der Waals surface area contributed by atoms with Crippen molar-refractivity contribution in [2.24, 2.45) is 0 Å². The number of rotatable bonds is 22. The first kappa shape index (κ1) is 26.5. The van der Waals surface area contributed by atoms with E-state index in [9.17, 15) is 0 Å². The van der Waals surface area contributed by atoms with Gasteiger partial charge in [-0.25, -0.2) is 0 Å². The smallest absolute Gasteiger partial charge is 0.0942 e. The van der Waals surface area contributed by atoms with E-state index in [1.54, 1.807) is 0 Å². The molecule has 0 aliphatic rings. The molecule has 0 heterocycles. The van der Waals surface area contributed by atoms with Crippen molar-refractivity contribution in [3.8, 4) is 0 Å². The summed E-state index contributed by atoms with van der Waals surface area (Å²) in [6.45, 7) is 3.30. The van der Waals surface area contributed by atoms with Crippen LogP contribution in [0.1, 0.15) is 96.8 Å². The standard InChI is InChI=1S/C22H45NO4/c1-2-3-4-5-6-7-8-9-10-11-12-13-14-15-16-17-18-23(26-21-19-24)27-22-20-25/h9-10,24-25H,2-8,11-22H2,1H3/b10-9+. The number of hydroxylamine groups is 2. The van der Waals surface area contributed by atoms with Crippen molar-refractivity contribution in [1.29, 1.82) is 0 Å². The molecule has 0 fully saturated rings. The molecule has 27 heavy (non-hydrogen) atoms. The Hall–Kier alpha value is -0.460. The van der Waals surface area contributed by atoms with Gasteiger partial charge in [0.2, 0.25) is 0 Å². The van der Waals surface area contributed by atoms with E-state index in [0.29, 0.717) is 6.54 Å². The van der Waals surface area contributed by atoms with Crippen molar-refractivity contribution in [1.82, 2.24) is 5.23 Å². The Labute approximate surface area is 167 Å². The SMILES string of the molecule is CCCCCCCC/C=C/CCCCCCCCN(OCCO)OCCO. The van der Waals surface area contributed by atoms with E-state index in [1.807, 2.05) is 0 Å². The van der Waals surface area contributed by atoms with Gasteiger partial charge >= 0.3 is 0 Å². The highest BCUT2D eigenvalue weighted by molar-refractivity contribution is 4.81. The van der Waals surface area contributed by atoms with E-state index >= 15 is 0 Å². The summed E-state index contributed by atoms with van der Waals surface area (Å²) in [5.74, 6) is 0. The molecule has 0 amide bonds. The highest BCUT2D eigenvalue weighted by Gasteiger charge is 2.05. The van der Waals surface area contributed by atoms with Crippen molar-refractivity contribution in [3.05, 3.63) is 12.2 Å². The molecule has 5 nitrogen and oxygen atoms in total. The fraction of sp³-hybridized carbons (Fsp3) is 0.909. The zero-order valence-corrected chi connectivity index (χ0v) is 17.7. The summed E-state index contributed by atoms with van der Waals surface area (Å²) in [5, 5.41) is 19.0. The Morgan fingerprint density at radius 2 is 1.07 bits per heavy atom. The van der Waals surface area contributed by atoms with E-state index in [1.165, 1.54) is 82.3 Å². The summed E-state index contributed by atoms with van der Waals surface area (Å²) in [4.78, 5) is 10.5. The first-order chi connectivity index (χ1) is 13.3. The lowest BCUT2D eigenvalue weighted by atomic mass is 10.1. The second-order valence-electron chi connectivity index (χ2n) is 7.11. The van der Waals surface area contributed by atoms with E-state index in [0.717, 1.165) is 12.8 Å². The molecule has 0 aromatic carbocycles. The van der Waals surface area contributed by atoms with E-state index in [4.69, 9.17) is 19.9 Å². The molecule has 5 heteroatoms. The molecule has 162 valence electrons. The van der Waals surface area contributed by atoms with Gasteiger partial charge in [0, 0.05) is 0 Å². The Morgan fingerprint density at radius 3 is 1.56 bits per heavy atom. The molecule has 2 N–H and O–H groups in total. The second kappa shape index (κ2) is 23.6. The third-order valence-electron chi connectivity index (χ3n) is 4.51. The molecule has 0 bridgehead atoms. The van der Waals surface area contributed by atoms with Gasteiger partial charge in [0.1, 0.15) is 0 Å². The lowest BCUT2D eigenvalue weighted by Gasteiger charge is -2.20. The van der Waals surface area contributed by atoms with Crippen LogP contribution in [0.3, 0.4) is 0 Å².